The Labute approximate surface area is 202 Å². The maximum Gasteiger partial charge on any atom is 0.326 e. The Morgan fingerprint density at radius 1 is 1.00 bits per heavy atom. The number of amides is 4. The van der Waals surface area contributed by atoms with Gasteiger partial charge in [0.05, 0.1) is 6.04 Å². The number of carboxylic acids is 1. The molecule has 1 aliphatic rings. The largest absolute Gasteiger partial charge is 0.480 e. The van der Waals surface area contributed by atoms with Crippen molar-refractivity contribution in [3.8, 4) is 0 Å². The Morgan fingerprint density at radius 3 is 2.18 bits per heavy atom. The summed E-state index contributed by atoms with van der Waals surface area (Å²) in [4.78, 5) is 64.4. The van der Waals surface area contributed by atoms with Crippen LogP contribution < -0.4 is 38.5 Å². The molecule has 0 spiro atoms. The molecular weight excluding hydrogens is 468 g/mol. The van der Waals surface area contributed by atoms with E-state index in [1.54, 1.807) is 0 Å². The quantitative estimate of drug-likeness (QED) is 0.0466. The van der Waals surface area contributed by atoms with E-state index in [2.05, 4.69) is 38.9 Å². The lowest BCUT2D eigenvalue weighted by Crippen LogP contribution is -2.57. The second kappa shape index (κ2) is 15.0. The molecule has 1 fully saturated rings. The number of thiol groups is 1. The van der Waals surface area contributed by atoms with Crippen molar-refractivity contribution >= 4 is 48.2 Å². The zero-order valence-electron chi connectivity index (χ0n) is 18.8. The lowest BCUT2D eigenvalue weighted by atomic mass is 10.1. The van der Waals surface area contributed by atoms with Gasteiger partial charge in [-0.2, -0.15) is 12.6 Å². The summed E-state index contributed by atoms with van der Waals surface area (Å²) in [5.41, 5.74) is 15.6. The van der Waals surface area contributed by atoms with Crippen molar-refractivity contribution in [2.75, 3.05) is 18.8 Å². The van der Waals surface area contributed by atoms with Crippen LogP contribution in [-0.4, -0.2) is 83.7 Å². The molecule has 11 N–H and O–H groups in total. The van der Waals surface area contributed by atoms with Gasteiger partial charge < -0.3 is 43.6 Å². The predicted molar refractivity (Wildman–Crippen MR) is 127 cm³/mol. The summed E-state index contributed by atoms with van der Waals surface area (Å²) in [6.45, 7) is 0.866. The molecule has 34 heavy (non-hydrogen) atoms. The predicted octanol–water partition coefficient (Wildman–Crippen LogP) is -3.47. The van der Waals surface area contributed by atoms with E-state index in [4.69, 9.17) is 17.2 Å². The number of aliphatic imine (C=N–C) groups is 1. The Morgan fingerprint density at radius 2 is 1.65 bits per heavy atom. The minimum Gasteiger partial charge on any atom is -0.480 e. The maximum atomic E-state index is 12.8. The molecule has 0 aliphatic carbocycles. The first-order chi connectivity index (χ1) is 16.0. The fourth-order valence-corrected chi connectivity index (χ4v) is 3.49. The third-order valence-corrected chi connectivity index (χ3v) is 5.43. The Bertz CT molecular complexity index is 770. The van der Waals surface area contributed by atoms with Gasteiger partial charge in [-0.25, -0.2) is 4.79 Å². The normalized spacial score (nSPS) is 17.6. The van der Waals surface area contributed by atoms with E-state index in [0.717, 1.165) is 6.42 Å². The lowest BCUT2D eigenvalue weighted by molar-refractivity contribution is -0.142. The van der Waals surface area contributed by atoms with Crippen LogP contribution in [0.3, 0.4) is 0 Å². The standard InChI is InChI=1S/C19H34N8O6S/c20-14(28)6-5-11(16(30)26-12(18(32)33)4-2-8-24-19(21)22)25-17(31)13(9-34)27-15(29)10-3-1-7-23-10/h10-13,23,34H,1-9H2,(H2,20,28)(H,25,31)(H,26,30)(H,27,29)(H,32,33)(H4,21,22,24). The van der Waals surface area contributed by atoms with Crippen molar-refractivity contribution in [2.24, 2.45) is 22.2 Å². The summed E-state index contributed by atoms with van der Waals surface area (Å²) in [5.74, 6) is -4.06. The first kappa shape index (κ1) is 29.0. The maximum absolute atomic E-state index is 12.8. The third kappa shape index (κ3) is 10.7. The number of aliphatic carboxylic acids is 1. The van der Waals surface area contributed by atoms with Crippen LogP contribution in [0.25, 0.3) is 0 Å². The highest BCUT2D eigenvalue weighted by atomic mass is 32.1. The molecule has 4 atom stereocenters. The highest BCUT2D eigenvalue weighted by Gasteiger charge is 2.31. The monoisotopic (exact) mass is 502 g/mol. The number of nitrogens with one attached hydrogen (secondary N) is 4. The van der Waals surface area contributed by atoms with Gasteiger partial charge in [0.1, 0.15) is 18.1 Å². The van der Waals surface area contributed by atoms with Crippen molar-refractivity contribution in [1.82, 2.24) is 21.3 Å². The molecule has 1 saturated heterocycles. The van der Waals surface area contributed by atoms with Crippen molar-refractivity contribution < 1.29 is 29.1 Å². The SMILES string of the molecule is NC(=O)CCC(NC(=O)C(CS)NC(=O)C1CCCN1)C(=O)NC(CCCN=C(N)N)C(=O)O. The number of rotatable bonds is 15. The minimum absolute atomic E-state index is 0.0258. The van der Waals surface area contributed by atoms with Crippen LogP contribution in [0.15, 0.2) is 4.99 Å². The van der Waals surface area contributed by atoms with Gasteiger partial charge >= 0.3 is 5.97 Å². The highest BCUT2D eigenvalue weighted by Crippen LogP contribution is 2.07. The number of hydrogen-bond acceptors (Lipinski definition) is 8. The fourth-order valence-electron chi connectivity index (χ4n) is 3.24. The number of nitrogens with zero attached hydrogens (tertiary/aromatic N) is 1. The summed E-state index contributed by atoms with van der Waals surface area (Å²) in [7, 11) is 0. The van der Waals surface area contributed by atoms with Gasteiger partial charge in [0, 0.05) is 18.7 Å². The van der Waals surface area contributed by atoms with Gasteiger partial charge in [0.15, 0.2) is 5.96 Å². The molecule has 1 aliphatic heterocycles. The molecule has 4 unspecified atom stereocenters. The number of guanidine groups is 1. The van der Waals surface area contributed by atoms with Gasteiger partial charge in [-0.1, -0.05) is 0 Å². The molecule has 0 aromatic carbocycles. The summed E-state index contributed by atoms with van der Waals surface area (Å²) in [6, 6.07) is -4.00. The molecule has 14 nitrogen and oxygen atoms in total. The van der Waals surface area contributed by atoms with E-state index in [9.17, 15) is 29.1 Å². The number of carbonyl (C=O) groups excluding carboxylic acids is 4. The topological polar surface area (TPSA) is 244 Å². The highest BCUT2D eigenvalue weighted by molar-refractivity contribution is 7.80. The molecule has 1 rings (SSSR count). The van der Waals surface area contributed by atoms with Gasteiger partial charge in [-0.05, 0) is 38.6 Å². The first-order valence-electron chi connectivity index (χ1n) is 10.9. The van der Waals surface area contributed by atoms with E-state index in [1.807, 2.05) is 0 Å². The second-order valence-electron chi connectivity index (χ2n) is 7.81. The molecular formula is C19H34N8O6S. The Hall–Kier alpha value is -3.07. The summed E-state index contributed by atoms with van der Waals surface area (Å²) >= 11 is 4.10. The van der Waals surface area contributed by atoms with Crippen LogP contribution in [0.4, 0.5) is 0 Å². The molecule has 0 saturated carbocycles. The smallest absolute Gasteiger partial charge is 0.326 e. The van der Waals surface area contributed by atoms with Crippen molar-refractivity contribution in [1.29, 1.82) is 0 Å². The fraction of sp³-hybridized carbons (Fsp3) is 0.684. The molecule has 0 aromatic rings. The molecule has 192 valence electrons. The Kier molecular flexibility index (Phi) is 12.7. The van der Waals surface area contributed by atoms with E-state index in [1.165, 1.54) is 0 Å². The van der Waals surface area contributed by atoms with Crippen LogP contribution in [0, 0.1) is 0 Å². The average molecular weight is 503 g/mol. The van der Waals surface area contributed by atoms with Crippen LogP contribution >= 0.6 is 12.6 Å². The molecule has 15 heteroatoms. The van der Waals surface area contributed by atoms with E-state index >= 15 is 0 Å². The number of nitrogens with two attached hydrogens (primary N) is 3. The summed E-state index contributed by atoms with van der Waals surface area (Å²) in [6.07, 6.45) is 1.38. The third-order valence-electron chi connectivity index (χ3n) is 5.06. The zero-order valence-corrected chi connectivity index (χ0v) is 19.7. The van der Waals surface area contributed by atoms with E-state index in [-0.39, 0.29) is 49.8 Å². The summed E-state index contributed by atoms with van der Waals surface area (Å²) in [5, 5.41) is 19.8. The number of hydrogen-bond donors (Lipinski definition) is 9. The van der Waals surface area contributed by atoms with Gasteiger partial charge in [-0.3, -0.25) is 24.2 Å². The molecule has 0 bridgehead atoms. The van der Waals surface area contributed by atoms with Gasteiger partial charge in [0.25, 0.3) is 0 Å². The average Bonchev–Trinajstić information content (AvgIpc) is 3.31. The van der Waals surface area contributed by atoms with Crippen LogP contribution in [0.2, 0.25) is 0 Å². The molecule has 0 radical (unpaired) electrons. The molecule has 4 amide bonds. The molecule has 1 heterocycles. The zero-order chi connectivity index (χ0) is 25.7. The van der Waals surface area contributed by atoms with Gasteiger partial charge in [0.2, 0.25) is 23.6 Å². The van der Waals surface area contributed by atoms with Crippen LogP contribution in [0.1, 0.15) is 38.5 Å². The first-order valence-corrected chi connectivity index (χ1v) is 11.5. The van der Waals surface area contributed by atoms with Crippen LogP contribution in [-0.2, 0) is 24.0 Å². The number of primary amides is 1. The lowest BCUT2D eigenvalue weighted by Gasteiger charge is -2.24. The Balaban J connectivity index is 2.81. The van der Waals surface area contributed by atoms with Crippen molar-refractivity contribution in [3.05, 3.63) is 0 Å². The van der Waals surface area contributed by atoms with E-state index in [0.29, 0.717) is 13.0 Å². The van der Waals surface area contributed by atoms with Crippen molar-refractivity contribution in [2.45, 2.75) is 62.7 Å². The molecule has 0 aromatic heterocycles. The number of carboxylic acid groups (broad SMARTS) is 1. The summed E-state index contributed by atoms with van der Waals surface area (Å²) < 4.78 is 0. The number of carbonyl (C=O) groups is 5. The van der Waals surface area contributed by atoms with Crippen molar-refractivity contribution in [3.63, 3.8) is 0 Å². The minimum atomic E-state index is -1.29. The van der Waals surface area contributed by atoms with Gasteiger partial charge in [-0.15, -0.1) is 0 Å². The second-order valence-corrected chi connectivity index (χ2v) is 8.17. The van der Waals surface area contributed by atoms with Crippen LogP contribution in [0.5, 0.6) is 0 Å². The van der Waals surface area contributed by atoms with E-state index < -0.39 is 47.9 Å².